The summed E-state index contributed by atoms with van der Waals surface area (Å²) in [6.07, 6.45) is -3.14. The van der Waals surface area contributed by atoms with Crippen molar-refractivity contribution in [3.05, 3.63) is 62.6 Å². The fourth-order valence-corrected chi connectivity index (χ4v) is 2.87. The summed E-state index contributed by atoms with van der Waals surface area (Å²) in [4.78, 5) is 40.3. The third-order valence-electron chi connectivity index (χ3n) is 4.40. The molecule has 1 N–H and O–H groups in total. The first-order valence-electron chi connectivity index (χ1n) is 8.93. The molecule has 2 heterocycles. The number of nitrogens with one attached hydrogen (secondary N) is 1. The number of carbonyl (C=O) groups excluding carboxylic acids is 1. The molecule has 0 saturated carbocycles. The minimum Gasteiger partial charge on any atom is -0.309 e. The fraction of sp³-hybridized carbons (Fsp3) is 0.316. The van der Waals surface area contributed by atoms with Gasteiger partial charge in [0, 0.05) is 18.6 Å². The Hall–Kier alpha value is -3.50. The summed E-state index contributed by atoms with van der Waals surface area (Å²) in [5.74, 6) is -0.952. The van der Waals surface area contributed by atoms with Crippen LogP contribution in [-0.2, 0) is 24.6 Å². The van der Waals surface area contributed by atoms with Crippen LogP contribution >= 0.6 is 0 Å². The lowest BCUT2D eigenvalue weighted by Gasteiger charge is -2.15. The van der Waals surface area contributed by atoms with E-state index in [1.165, 1.54) is 23.9 Å². The van der Waals surface area contributed by atoms with Crippen LogP contribution in [0.25, 0.3) is 10.8 Å². The standard InChI is InChI=1S/C19H18F3N5O3/c1-10(2)16-13-8-11(19(20,21)22)4-5-12(13)17(29)27(25-16)9-15(28)23-14-6-7-26(3)18(30)24-14/h4-8,10H,9H2,1-3H3,(H,23,24,28,30). The molecule has 1 aromatic carbocycles. The molecule has 8 nitrogen and oxygen atoms in total. The monoisotopic (exact) mass is 421 g/mol. The van der Waals surface area contributed by atoms with Gasteiger partial charge in [-0.05, 0) is 30.2 Å². The molecular formula is C19H18F3N5O3. The number of fused-ring (bicyclic) bond motifs is 1. The number of anilines is 1. The van der Waals surface area contributed by atoms with Crippen molar-refractivity contribution in [3.63, 3.8) is 0 Å². The van der Waals surface area contributed by atoms with Crippen LogP contribution in [0, 0.1) is 0 Å². The number of aromatic nitrogens is 4. The van der Waals surface area contributed by atoms with Gasteiger partial charge in [0.05, 0.1) is 16.6 Å². The van der Waals surface area contributed by atoms with Crippen LogP contribution in [0.4, 0.5) is 19.0 Å². The van der Waals surface area contributed by atoms with Gasteiger partial charge >= 0.3 is 11.9 Å². The molecule has 30 heavy (non-hydrogen) atoms. The van der Waals surface area contributed by atoms with Crippen molar-refractivity contribution >= 4 is 22.5 Å². The molecule has 11 heteroatoms. The second-order valence-corrected chi connectivity index (χ2v) is 7.02. The highest BCUT2D eigenvalue weighted by molar-refractivity contribution is 5.90. The quantitative estimate of drug-likeness (QED) is 0.697. The maximum atomic E-state index is 13.1. The van der Waals surface area contributed by atoms with Crippen molar-refractivity contribution < 1.29 is 18.0 Å². The molecule has 3 rings (SSSR count). The first kappa shape index (κ1) is 21.2. The Morgan fingerprint density at radius 2 is 1.87 bits per heavy atom. The summed E-state index contributed by atoms with van der Waals surface area (Å²) in [5, 5.41) is 6.65. The lowest BCUT2D eigenvalue weighted by molar-refractivity contribution is -0.137. The van der Waals surface area contributed by atoms with E-state index in [0.29, 0.717) is 0 Å². The highest BCUT2D eigenvalue weighted by Crippen LogP contribution is 2.32. The zero-order valence-corrected chi connectivity index (χ0v) is 16.3. The zero-order valence-electron chi connectivity index (χ0n) is 16.3. The van der Waals surface area contributed by atoms with E-state index in [1.54, 1.807) is 13.8 Å². The van der Waals surface area contributed by atoms with Gasteiger partial charge in [-0.25, -0.2) is 9.48 Å². The second-order valence-electron chi connectivity index (χ2n) is 7.02. The molecular weight excluding hydrogens is 403 g/mol. The van der Waals surface area contributed by atoms with Crippen LogP contribution in [0.15, 0.2) is 40.1 Å². The Bertz CT molecular complexity index is 1240. The summed E-state index contributed by atoms with van der Waals surface area (Å²) in [6, 6.07) is 4.22. The Labute approximate surface area is 168 Å². The summed E-state index contributed by atoms with van der Waals surface area (Å²) < 4.78 is 41.3. The molecule has 2 aromatic heterocycles. The van der Waals surface area contributed by atoms with E-state index in [9.17, 15) is 27.6 Å². The molecule has 158 valence electrons. The minimum absolute atomic E-state index is 0.0100. The van der Waals surface area contributed by atoms with Gasteiger partial charge in [0.2, 0.25) is 5.91 Å². The summed E-state index contributed by atoms with van der Waals surface area (Å²) in [7, 11) is 1.50. The van der Waals surface area contributed by atoms with Crippen LogP contribution < -0.4 is 16.6 Å². The van der Waals surface area contributed by atoms with Gasteiger partial charge in [-0.3, -0.25) is 9.59 Å². The van der Waals surface area contributed by atoms with E-state index < -0.39 is 35.4 Å². The van der Waals surface area contributed by atoms with Gasteiger partial charge < -0.3 is 9.88 Å². The van der Waals surface area contributed by atoms with E-state index in [1.807, 2.05) is 0 Å². The normalized spacial score (nSPS) is 11.8. The van der Waals surface area contributed by atoms with Crippen LogP contribution in [0.3, 0.4) is 0 Å². The molecule has 0 fully saturated rings. The van der Waals surface area contributed by atoms with Gasteiger partial charge in [-0.1, -0.05) is 13.8 Å². The summed E-state index contributed by atoms with van der Waals surface area (Å²) in [5.41, 5.74) is -1.90. The minimum atomic E-state index is -4.56. The third-order valence-corrected chi connectivity index (χ3v) is 4.40. The molecule has 0 aliphatic carbocycles. The fourth-order valence-electron chi connectivity index (χ4n) is 2.87. The summed E-state index contributed by atoms with van der Waals surface area (Å²) in [6.45, 7) is 2.95. The number of carbonyl (C=O) groups is 1. The maximum Gasteiger partial charge on any atom is 0.416 e. The van der Waals surface area contributed by atoms with Gasteiger partial charge in [-0.15, -0.1) is 0 Å². The zero-order chi connectivity index (χ0) is 22.2. The molecule has 0 unspecified atom stereocenters. The van der Waals surface area contributed by atoms with E-state index in [0.717, 1.165) is 22.9 Å². The topological polar surface area (TPSA) is 98.9 Å². The van der Waals surface area contributed by atoms with Crippen molar-refractivity contribution in [2.24, 2.45) is 7.05 Å². The number of hydrogen-bond acceptors (Lipinski definition) is 5. The second kappa shape index (κ2) is 7.73. The lowest BCUT2D eigenvalue weighted by Crippen LogP contribution is -2.32. The average Bonchev–Trinajstić information content (AvgIpc) is 2.65. The smallest absolute Gasteiger partial charge is 0.309 e. The maximum absolute atomic E-state index is 13.1. The highest BCUT2D eigenvalue weighted by Gasteiger charge is 2.31. The number of rotatable bonds is 4. The lowest BCUT2D eigenvalue weighted by atomic mass is 10.0. The van der Waals surface area contributed by atoms with Crippen LogP contribution in [0.1, 0.15) is 31.0 Å². The van der Waals surface area contributed by atoms with Crippen molar-refractivity contribution in [3.8, 4) is 0 Å². The highest BCUT2D eigenvalue weighted by atomic mass is 19.4. The first-order chi connectivity index (χ1) is 14.0. The molecule has 0 spiro atoms. The predicted octanol–water partition coefficient (Wildman–Crippen LogP) is 2.27. The SMILES string of the molecule is CC(C)c1nn(CC(=O)Nc2ccn(C)c(=O)n2)c(=O)c2ccc(C(F)(F)F)cc12. The average molecular weight is 421 g/mol. The van der Waals surface area contributed by atoms with Crippen molar-refractivity contribution in [2.75, 3.05) is 5.32 Å². The number of aryl methyl sites for hydroxylation is 1. The molecule has 0 radical (unpaired) electrons. The van der Waals surface area contributed by atoms with E-state index in [4.69, 9.17) is 0 Å². The van der Waals surface area contributed by atoms with Crippen molar-refractivity contribution in [1.29, 1.82) is 0 Å². The van der Waals surface area contributed by atoms with Crippen LogP contribution in [0.5, 0.6) is 0 Å². The molecule has 0 saturated heterocycles. The molecule has 0 bridgehead atoms. The van der Waals surface area contributed by atoms with Crippen LogP contribution in [-0.4, -0.2) is 25.2 Å². The van der Waals surface area contributed by atoms with Gasteiger partial charge in [0.1, 0.15) is 12.4 Å². The van der Waals surface area contributed by atoms with Crippen molar-refractivity contribution in [1.82, 2.24) is 19.3 Å². The Balaban J connectivity index is 2.00. The summed E-state index contributed by atoms with van der Waals surface area (Å²) >= 11 is 0. The van der Waals surface area contributed by atoms with Gasteiger partial charge in [0.25, 0.3) is 5.56 Å². The predicted molar refractivity (Wildman–Crippen MR) is 103 cm³/mol. The van der Waals surface area contributed by atoms with E-state index in [2.05, 4.69) is 15.4 Å². The van der Waals surface area contributed by atoms with E-state index in [-0.39, 0.29) is 28.2 Å². The van der Waals surface area contributed by atoms with Gasteiger partial charge in [-0.2, -0.15) is 23.3 Å². The number of alkyl halides is 3. The number of halogens is 3. The largest absolute Gasteiger partial charge is 0.416 e. The number of benzene rings is 1. The first-order valence-corrected chi connectivity index (χ1v) is 8.93. The third kappa shape index (κ3) is 4.24. The molecule has 3 aromatic rings. The molecule has 1 amide bonds. The van der Waals surface area contributed by atoms with Crippen molar-refractivity contribution in [2.45, 2.75) is 32.5 Å². The Morgan fingerprint density at radius 1 is 1.17 bits per heavy atom. The Kier molecular flexibility index (Phi) is 5.47. The van der Waals surface area contributed by atoms with Crippen LogP contribution in [0.2, 0.25) is 0 Å². The Morgan fingerprint density at radius 3 is 2.47 bits per heavy atom. The molecule has 0 aliphatic rings. The number of amides is 1. The number of hydrogen-bond donors (Lipinski definition) is 1. The van der Waals surface area contributed by atoms with Gasteiger partial charge in [0.15, 0.2) is 0 Å². The number of nitrogens with zero attached hydrogens (tertiary/aromatic N) is 4. The van der Waals surface area contributed by atoms with E-state index >= 15 is 0 Å². The molecule has 0 aliphatic heterocycles. The molecule has 0 atom stereocenters.